The number of rotatable bonds is 8. The second-order valence-electron chi connectivity index (χ2n) is 4.05. The van der Waals surface area contributed by atoms with E-state index in [2.05, 4.69) is 12.2 Å². The van der Waals surface area contributed by atoms with E-state index in [1.807, 2.05) is 0 Å². The van der Waals surface area contributed by atoms with Crippen LogP contribution >= 0.6 is 0 Å². The summed E-state index contributed by atoms with van der Waals surface area (Å²) < 4.78 is 10.8. The number of nitrogens with one attached hydrogen (secondary N) is 1. The molecule has 0 fully saturated rings. The molecule has 5 nitrogen and oxygen atoms in total. The maximum Gasteiger partial charge on any atom is 0.251 e. The summed E-state index contributed by atoms with van der Waals surface area (Å²) in [4.78, 5) is 11.7. The summed E-state index contributed by atoms with van der Waals surface area (Å²) in [5, 5.41) is 11.3. The Hall–Kier alpha value is -1.75. The molecular weight excluding hydrogens is 246 g/mol. The van der Waals surface area contributed by atoms with Crippen LogP contribution in [0.2, 0.25) is 0 Å². The van der Waals surface area contributed by atoms with Gasteiger partial charge in [0.05, 0.1) is 20.3 Å². The van der Waals surface area contributed by atoms with E-state index >= 15 is 0 Å². The number of methoxy groups -OCH3 is 1. The number of carbonyl (C=O) groups excluding carboxylic acids is 1. The molecule has 106 valence electrons. The molecule has 0 aromatic heterocycles. The summed E-state index contributed by atoms with van der Waals surface area (Å²) in [6, 6.07) is 5.03. The van der Waals surface area contributed by atoms with Crippen LogP contribution in [0.3, 0.4) is 0 Å². The lowest BCUT2D eigenvalue weighted by Crippen LogP contribution is -2.26. The number of hydrogen-bond acceptors (Lipinski definition) is 4. The van der Waals surface area contributed by atoms with E-state index < -0.39 is 0 Å². The molecule has 19 heavy (non-hydrogen) atoms. The predicted octanol–water partition coefficient (Wildman–Crippen LogP) is 1.60. The monoisotopic (exact) mass is 267 g/mol. The predicted molar refractivity (Wildman–Crippen MR) is 72.8 cm³/mol. The van der Waals surface area contributed by atoms with Crippen molar-refractivity contribution >= 4 is 5.91 Å². The van der Waals surface area contributed by atoms with Gasteiger partial charge in [-0.3, -0.25) is 4.79 Å². The van der Waals surface area contributed by atoms with Crippen molar-refractivity contribution in [2.75, 3.05) is 26.9 Å². The third-order valence-electron chi connectivity index (χ3n) is 2.58. The number of carbonyl (C=O) groups is 1. The topological polar surface area (TPSA) is 67.8 Å². The second kappa shape index (κ2) is 8.37. The minimum absolute atomic E-state index is 0.0823. The third-order valence-corrected chi connectivity index (χ3v) is 2.58. The Labute approximate surface area is 113 Å². The fourth-order valence-electron chi connectivity index (χ4n) is 1.53. The minimum atomic E-state index is -0.243. The van der Waals surface area contributed by atoms with Gasteiger partial charge in [0.15, 0.2) is 11.5 Å². The van der Waals surface area contributed by atoms with Gasteiger partial charge >= 0.3 is 0 Å². The summed E-state index contributed by atoms with van der Waals surface area (Å²) in [7, 11) is 1.54. The molecule has 0 atom stereocenters. The second-order valence-corrected chi connectivity index (χ2v) is 4.05. The quantitative estimate of drug-likeness (QED) is 0.702. The average Bonchev–Trinajstić information content (AvgIpc) is 2.45. The van der Waals surface area contributed by atoms with Gasteiger partial charge in [0.25, 0.3) is 5.91 Å². The van der Waals surface area contributed by atoms with Crippen LogP contribution in [0.15, 0.2) is 18.2 Å². The van der Waals surface area contributed by atoms with Gasteiger partial charge in [-0.25, -0.2) is 0 Å². The molecule has 0 aliphatic rings. The van der Waals surface area contributed by atoms with E-state index in [-0.39, 0.29) is 19.1 Å². The summed E-state index contributed by atoms with van der Waals surface area (Å²) >= 11 is 0. The lowest BCUT2D eigenvalue weighted by atomic mass is 10.2. The van der Waals surface area contributed by atoms with Crippen LogP contribution in [-0.2, 0) is 0 Å². The van der Waals surface area contributed by atoms with Crippen molar-refractivity contribution < 1.29 is 19.4 Å². The van der Waals surface area contributed by atoms with Crippen molar-refractivity contribution in [1.29, 1.82) is 0 Å². The van der Waals surface area contributed by atoms with Gasteiger partial charge in [-0.1, -0.05) is 13.3 Å². The van der Waals surface area contributed by atoms with Crippen LogP contribution in [-0.4, -0.2) is 37.9 Å². The molecule has 5 heteroatoms. The highest BCUT2D eigenvalue weighted by atomic mass is 16.5. The van der Waals surface area contributed by atoms with Gasteiger partial charge in [0, 0.05) is 12.1 Å². The van der Waals surface area contributed by atoms with Crippen molar-refractivity contribution in [3.63, 3.8) is 0 Å². The SMILES string of the molecule is CCCCOc1ccc(C(=O)NCCO)cc1OC. The van der Waals surface area contributed by atoms with Crippen LogP contribution in [0.25, 0.3) is 0 Å². The Kier molecular flexibility index (Phi) is 6.74. The normalized spacial score (nSPS) is 10.1. The molecule has 2 N–H and O–H groups in total. The summed E-state index contributed by atoms with van der Waals surface area (Å²) in [5.41, 5.74) is 0.480. The molecule has 1 rings (SSSR count). The number of amides is 1. The summed E-state index contributed by atoms with van der Waals surface area (Å²) in [6.45, 7) is 2.87. The number of ether oxygens (including phenoxy) is 2. The molecule has 0 spiro atoms. The summed E-state index contributed by atoms with van der Waals surface area (Å²) in [5.74, 6) is 0.926. The first-order chi connectivity index (χ1) is 9.22. The van der Waals surface area contributed by atoms with Gasteiger partial charge < -0.3 is 19.9 Å². The maximum atomic E-state index is 11.7. The zero-order valence-electron chi connectivity index (χ0n) is 11.4. The molecule has 0 saturated carbocycles. The van der Waals surface area contributed by atoms with E-state index in [0.29, 0.717) is 23.7 Å². The standard InChI is InChI=1S/C14H21NO4/c1-3-4-9-19-12-6-5-11(10-13(12)18-2)14(17)15-7-8-16/h5-6,10,16H,3-4,7-9H2,1-2H3,(H,15,17). The zero-order chi connectivity index (χ0) is 14.1. The first-order valence-electron chi connectivity index (χ1n) is 6.42. The molecule has 1 aromatic rings. The van der Waals surface area contributed by atoms with Gasteiger partial charge in [-0.2, -0.15) is 0 Å². The van der Waals surface area contributed by atoms with E-state index in [1.54, 1.807) is 18.2 Å². The van der Waals surface area contributed by atoms with Crippen molar-refractivity contribution in [3.8, 4) is 11.5 Å². The molecule has 0 heterocycles. The number of unbranched alkanes of at least 4 members (excludes halogenated alkanes) is 1. The summed E-state index contributed by atoms with van der Waals surface area (Å²) in [6.07, 6.45) is 2.03. The average molecular weight is 267 g/mol. The first kappa shape index (κ1) is 15.3. The minimum Gasteiger partial charge on any atom is -0.493 e. The van der Waals surface area contributed by atoms with Gasteiger partial charge in [-0.15, -0.1) is 0 Å². The van der Waals surface area contributed by atoms with Gasteiger partial charge in [0.2, 0.25) is 0 Å². The fourth-order valence-corrected chi connectivity index (χ4v) is 1.53. The van der Waals surface area contributed by atoms with Crippen LogP contribution in [0.5, 0.6) is 11.5 Å². The van der Waals surface area contributed by atoms with Crippen LogP contribution < -0.4 is 14.8 Å². The molecule has 1 amide bonds. The Morgan fingerprint density at radius 3 is 2.79 bits per heavy atom. The molecule has 1 aromatic carbocycles. The molecule has 0 radical (unpaired) electrons. The molecule has 0 aliphatic heterocycles. The Morgan fingerprint density at radius 1 is 1.37 bits per heavy atom. The van der Waals surface area contributed by atoms with Crippen LogP contribution in [0.1, 0.15) is 30.1 Å². The van der Waals surface area contributed by atoms with Gasteiger partial charge in [-0.05, 0) is 24.6 Å². The molecular formula is C14H21NO4. The van der Waals surface area contributed by atoms with Crippen molar-refractivity contribution in [2.45, 2.75) is 19.8 Å². The maximum absolute atomic E-state index is 11.7. The van der Waals surface area contributed by atoms with E-state index in [0.717, 1.165) is 12.8 Å². The van der Waals surface area contributed by atoms with Crippen molar-refractivity contribution in [1.82, 2.24) is 5.32 Å². The largest absolute Gasteiger partial charge is 0.493 e. The highest BCUT2D eigenvalue weighted by Gasteiger charge is 2.10. The third kappa shape index (κ3) is 4.79. The highest BCUT2D eigenvalue weighted by Crippen LogP contribution is 2.28. The highest BCUT2D eigenvalue weighted by molar-refractivity contribution is 5.94. The Balaban J connectivity index is 2.74. The molecule has 0 bridgehead atoms. The van der Waals surface area contributed by atoms with Gasteiger partial charge in [0.1, 0.15) is 0 Å². The van der Waals surface area contributed by atoms with Crippen LogP contribution in [0.4, 0.5) is 0 Å². The van der Waals surface area contributed by atoms with Crippen molar-refractivity contribution in [2.24, 2.45) is 0 Å². The Morgan fingerprint density at radius 2 is 2.16 bits per heavy atom. The Bertz CT molecular complexity index is 406. The van der Waals surface area contributed by atoms with E-state index in [9.17, 15) is 4.79 Å². The number of hydrogen-bond donors (Lipinski definition) is 2. The molecule has 0 unspecified atom stereocenters. The van der Waals surface area contributed by atoms with E-state index in [1.165, 1.54) is 7.11 Å². The van der Waals surface area contributed by atoms with Crippen molar-refractivity contribution in [3.05, 3.63) is 23.8 Å². The number of aliphatic hydroxyl groups is 1. The molecule has 0 saturated heterocycles. The van der Waals surface area contributed by atoms with Crippen LogP contribution in [0, 0.1) is 0 Å². The number of benzene rings is 1. The first-order valence-corrected chi connectivity index (χ1v) is 6.42. The molecule has 0 aliphatic carbocycles. The smallest absolute Gasteiger partial charge is 0.251 e. The lowest BCUT2D eigenvalue weighted by Gasteiger charge is -2.12. The van der Waals surface area contributed by atoms with E-state index in [4.69, 9.17) is 14.6 Å². The fraction of sp³-hybridized carbons (Fsp3) is 0.500. The lowest BCUT2D eigenvalue weighted by molar-refractivity contribution is 0.0944. The number of aliphatic hydroxyl groups excluding tert-OH is 1. The zero-order valence-corrected chi connectivity index (χ0v) is 11.4.